The maximum absolute atomic E-state index is 12.6. The highest BCUT2D eigenvalue weighted by Gasteiger charge is 2.29. The molecular formula is C21H27N2O+. The molecule has 0 bridgehead atoms. The number of hydrogen-bond donors (Lipinski definition) is 2. The average Bonchev–Trinajstić information content (AvgIpc) is 2.59. The highest BCUT2D eigenvalue weighted by atomic mass is 16.1. The molecule has 2 N–H and O–H groups in total. The Balaban J connectivity index is 1.61. The summed E-state index contributed by atoms with van der Waals surface area (Å²) in [6.07, 6.45) is 2.11. The van der Waals surface area contributed by atoms with Gasteiger partial charge in [0.25, 0.3) is 0 Å². The van der Waals surface area contributed by atoms with Crippen molar-refractivity contribution in [2.24, 2.45) is 5.92 Å². The second-order valence-corrected chi connectivity index (χ2v) is 7.01. The minimum atomic E-state index is 0.110. The number of benzene rings is 2. The molecule has 0 aromatic heterocycles. The van der Waals surface area contributed by atoms with Crippen molar-refractivity contribution in [3.05, 3.63) is 65.2 Å². The fourth-order valence-corrected chi connectivity index (χ4v) is 3.56. The minimum Gasteiger partial charge on any atom is -0.331 e. The van der Waals surface area contributed by atoms with Crippen LogP contribution < -0.4 is 10.2 Å². The summed E-state index contributed by atoms with van der Waals surface area (Å²) >= 11 is 0. The number of nitrogens with one attached hydrogen (secondary N) is 2. The number of para-hydroxylation sites is 1. The van der Waals surface area contributed by atoms with E-state index in [4.69, 9.17) is 0 Å². The van der Waals surface area contributed by atoms with E-state index in [2.05, 4.69) is 37.4 Å². The monoisotopic (exact) mass is 323 g/mol. The molecule has 1 saturated heterocycles. The predicted molar refractivity (Wildman–Crippen MR) is 98.1 cm³/mol. The summed E-state index contributed by atoms with van der Waals surface area (Å²) in [6, 6.07) is 16.4. The van der Waals surface area contributed by atoms with E-state index in [-0.39, 0.29) is 11.8 Å². The van der Waals surface area contributed by atoms with Crippen molar-refractivity contribution in [3.63, 3.8) is 0 Å². The molecule has 1 aliphatic heterocycles. The number of piperidine rings is 1. The Hall–Kier alpha value is -2.13. The van der Waals surface area contributed by atoms with Crippen LogP contribution in [-0.2, 0) is 11.3 Å². The van der Waals surface area contributed by atoms with Crippen LogP contribution in [-0.4, -0.2) is 19.0 Å². The van der Waals surface area contributed by atoms with Gasteiger partial charge in [-0.2, -0.15) is 0 Å². The van der Waals surface area contributed by atoms with E-state index in [1.54, 1.807) is 0 Å². The van der Waals surface area contributed by atoms with Crippen LogP contribution in [0.2, 0.25) is 0 Å². The number of rotatable bonds is 4. The molecule has 24 heavy (non-hydrogen) atoms. The van der Waals surface area contributed by atoms with Crippen molar-refractivity contribution in [1.82, 2.24) is 0 Å². The summed E-state index contributed by atoms with van der Waals surface area (Å²) in [4.78, 5) is 14.1. The van der Waals surface area contributed by atoms with Gasteiger partial charge in [0.05, 0.1) is 19.0 Å². The molecule has 1 amide bonds. The Labute approximate surface area is 144 Å². The molecule has 126 valence electrons. The van der Waals surface area contributed by atoms with Crippen LogP contribution >= 0.6 is 0 Å². The normalized spacial score (nSPS) is 20.6. The van der Waals surface area contributed by atoms with Gasteiger partial charge in [-0.1, -0.05) is 42.0 Å². The highest BCUT2D eigenvalue weighted by molar-refractivity contribution is 5.92. The molecule has 3 rings (SSSR count). The van der Waals surface area contributed by atoms with Crippen molar-refractivity contribution in [1.29, 1.82) is 0 Å². The van der Waals surface area contributed by atoms with E-state index in [0.717, 1.165) is 38.2 Å². The number of aryl methyl sites for hydroxylation is 2. The van der Waals surface area contributed by atoms with Gasteiger partial charge in [0.1, 0.15) is 6.54 Å². The van der Waals surface area contributed by atoms with Crippen LogP contribution in [0, 0.1) is 19.8 Å². The van der Waals surface area contributed by atoms with Gasteiger partial charge in [-0.05, 0) is 44.4 Å². The van der Waals surface area contributed by atoms with Gasteiger partial charge in [0.15, 0.2) is 0 Å². The van der Waals surface area contributed by atoms with Gasteiger partial charge in [-0.15, -0.1) is 0 Å². The van der Waals surface area contributed by atoms with Crippen LogP contribution in [0.4, 0.5) is 5.69 Å². The Kier molecular flexibility index (Phi) is 5.31. The molecule has 0 radical (unpaired) electrons. The van der Waals surface area contributed by atoms with Crippen molar-refractivity contribution < 1.29 is 9.69 Å². The first-order valence-corrected chi connectivity index (χ1v) is 8.87. The molecule has 0 aliphatic carbocycles. The maximum Gasteiger partial charge on any atom is 0.233 e. The van der Waals surface area contributed by atoms with Crippen LogP contribution in [0.15, 0.2) is 48.5 Å². The molecule has 0 spiro atoms. The van der Waals surface area contributed by atoms with Gasteiger partial charge in [0, 0.05) is 11.3 Å². The number of quaternary nitrogens is 1. The van der Waals surface area contributed by atoms with Crippen LogP contribution in [0.1, 0.15) is 29.5 Å². The summed E-state index contributed by atoms with van der Waals surface area (Å²) < 4.78 is 0. The van der Waals surface area contributed by atoms with Crippen LogP contribution in [0.25, 0.3) is 0 Å². The number of hydrogen-bond acceptors (Lipinski definition) is 1. The molecule has 1 fully saturated rings. The first-order chi connectivity index (χ1) is 11.6. The van der Waals surface area contributed by atoms with Crippen molar-refractivity contribution >= 4 is 11.6 Å². The van der Waals surface area contributed by atoms with Crippen molar-refractivity contribution in [2.75, 3.05) is 18.4 Å². The zero-order valence-corrected chi connectivity index (χ0v) is 14.6. The zero-order valence-electron chi connectivity index (χ0n) is 14.6. The Morgan fingerprint density at radius 2 is 1.96 bits per heavy atom. The van der Waals surface area contributed by atoms with Crippen LogP contribution in [0.5, 0.6) is 0 Å². The van der Waals surface area contributed by atoms with Crippen LogP contribution in [0.3, 0.4) is 0 Å². The quantitative estimate of drug-likeness (QED) is 0.891. The minimum absolute atomic E-state index is 0.110. The lowest BCUT2D eigenvalue weighted by Crippen LogP contribution is -3.12. The zero-order chi connectivity index (χ0) is 16.9. The average molecular weight is 323 g/mol. The van der Waals surface area contributed by atoms with Gasteiger partial charge in [-0.3, -0.25) is 4.79 Å². The molecule has 1 heterocycles. The summed E-state index contributed by atoms with van der Waals surface area (Å²) in [7, 11) is 0. The van der Waals surface area contributed by atoms with Gasteiger partial charge < -0.3 is 10.2 Å². The maximum atomic E-state index is 12.6. The number of amides is 1. The van der Waals surface area contributed by atoms with E-state index in [1.165, 1.54) is 21.6 Å². The molecule has 2 atom stereocenters. The third-order valence-electron chi connectivity index (χ3n) is 4.98. The predicted octanol–water partition coefficient (Wildman–Crippen LogP) is 2.74. The van der Waals surface area contributed by atoms with Crippen molar-refractivity contribution in [2.45, 2.75) is 33.2 Å². The molecule has 1 aliphatic rings. The Morgan fingerprint density at radius 3 is 2.75 bits per heavy atom. The van der Waals surface area contributed by atoms with E-state index in [1.807, 2.05) is 30.3 Å². The standard InChI is InChI=1S/C21H26N2O/c1-16-10-11-17(2)19(13-16)15-23-12-6-7-18(14-23)21(24)22-20-8-4-3-5-9-20/h3-5,8-11,13,18H,6-7,12,14-15H2,1-2H3,(H,22,24)/p+1/t18-/m0/s1. The number of anilines is 1. The van der Waals surface area contributed by atoms with Gasteiger partial charge in [-0.25, -0.2) is 0 Å². The second-order valence-electron chi connectivity index (χ2n) is 7.01. The Morgan fingerprint density at radius 1 is 1.17 bits per heavy atom. The molecule has 3 nitrogen and oxygen atoms in total. The summed E-state index contributed by atoms with van der Waals surface area (Å²) in [6.45, 7) is 7.42. The summed E-state index contributed by atoms with van der Waals surface area (Å²) in [5.41, 5.74) is 4.97. The van der Waals surface area contributed by atoms with E-state index in [9.17, 15) is 4.79 Å². The lowest BCUT2D eigenvalue weighted by Gasteiger charge is -2.29. The molecular weight excluding hydrogens is 296 g/mol. The summed E-state index contributed by atoms with van der Waals surface area (Å²) in [5, 5.41) is 3.06. The first-order valence-electron chi connectivity index (χ1n) is 8.87. The molecule has 2 aromatic rings. The van der Waals surface area contributed by atoms with Gasteiger partial charge in [0.2, 0.25) is 5.91 Å². The molecule has 3 heteroatoms. The molecule has 0 saturated carbocycles. The SMILES string of the molecule is Cc1ccc(C)c(C[NH+]2CCC[C@H](C(=O)Nc3ccccc3)C2)c1. The summed E-state index contributed by atoms with van der Waals surface area (Å²) in [5.74, 6) is 0.276. The topological polar surface area (TPSA) is 33.5 Å². The largest absolute Gasteiger partial charge is 0.331 e. The lowest BCUT2D eigenvalue weighted by molar-refractivity contribution is -0.921. The third kappa shape index (κ3) is 4.24. The lowest BCUT2D eigenvalue weighted by atomic mass is 9.96. The van der Waals surface area contributed by atoms with Gasteiger partial charge >= 0.3 is 0 Å². The van der Waals surface area contributed by atoms with E-state index < -0.39 is 0 Å². The first kappa shape index (κ1) is 16.7. The highest BCUT2D eigenvalue weighted by Crippen LogP contribution is 2.14. The Bertz CT molecular complexity index is 696. The fraction of sp³-hybridized carbons (Fsp3) is 0.381. The number of likely N-dealkylation sites (tertiary alicyclic amines) is 1. The third-order valence-corrected chi connectivity index (χ3v) is 4.98. The molecule has 1 unspecified atom stereocenters. The van der Waals surface area contributed by atoms with Crippen molar-refractivity contribution in [3.8, 4) is 0 Å². The molecule has 2 aromatic carbocycles. The number of carbonyl (C=O) groups is 1. The second kappa shape index (κ2) is 7.63. The smallest absolute Gasteiger partial charge is 0.233 e. The fourth-order valence-electron chi connectivity index (χ4n) is 3.56. The van der Waals surface area contributed by atoms with E-state index in [0.29, 0.717) is 0 Å². The number of carbonyl (C=O) groups excluding carboxylic acids is 1. The van der Waals surface area contributed by atoms with E-state index >= 15 is 0 Å².